The molecule has 4 atom stereocenters. The van der Waals surface area contributed by atoms with Crippen molar-refractivity contribution in [2.75, 3.05) is 20.6 Å². The van der Waals surface area contributed by atoms with Crippen LogP contribution in [-0.4, -0.2) is 37.1 Å². The Balaban J connectivity index is 1.90. The fourth-order valence-corrected chi connectivity index (χ4v) is 3.18. The summed E-state index contributed by atoms with van der Waals surface area (Å²) in [5.41, 5.74) is -0.271. The molecule has 2 aliphatic rings. The van der Waals surface area contributed by atoms with Gasteiger partial charge in [-0.3, -0.25) is 0 Å². The standard InChI is InChI=1S/C14H25N3/c1-11-7-12(11)9-17(3)13-5-4-6-14(8-13,10-15)16-2/h11-13,16H,4-9H2,1-3H3. The minimum Gasteiger partial charge on any atom is -0.303 e. The summed E-state index contributed by atoms with van der Waals surface area (Å²) in [6.45, 7) is 3.56. The third-order valence-corrected chi connectivity index (χ3v) is 4.84. The largest absolute Gasteiger partial charge is 0.303 e. The Morgan fingerprint density at radius 2 is 2.24 bits per heavy atom. The van der Waals surface area contributed by atoms with Crippen molar-refractivity contribution in [2.24, 2.45) is 11.8 Å². The first-order valence-electron chi connectivity index (χ1n) is 6.90. The van der Waals surface area contributed by atoms with Crippen molar-refractivity contribution in [3.8, 4) is 6.07 Å². The second kappa shape index (κ2) is 4.96. The lowest BCUT2D eigenvalue weighted by Crippen LogP contribution is -2.51. The van der Waals surface area contributed by atoms with E-state index in [1.54, 1.807) is 0 Å². The van der Waals surface area contributed by atoms with Crippen molar-refractivity contribution in [3.05, 3.63) is 0 Å². The Morgan fingerprint density at radius 1 is 1.53 bits per heavy atom. The van der Waals surface area contributed by atoms with Gasteiger partial charge in [-0.2, -0.15) is 5.26 Å². The summed E-state index contributed by atoms with van der Waals surface area (Å²) in [6, 6.07) is 3.08. The van der Waals surface area contributed by atoms with Crippen molar-refractivity contribution >= 4 is 0 Å². The zero-order valence-corrected chi connectivity index (χ0v) is 11.4. The first-order chi connectivity index (χ1) is 8.10. The molecule has 0 aromatic heterocycles. The third-order valence-electron chi connectivity index (χ3n) is 4.84. The van der Waals surface area contributed by atoms with Crippen LogP contribution in [0.25, 0.3) is 0 Å². The van der Waals surface area contributed by atoms with E-state index in [0.29, 0.717) is 6.04 Å². The summed E-state index contributed by atoms with van der Waals surface area (Å²) >= 11 is 0. The van der Waals surface area contributed by atoms with E-state index >= 15 is 0 Å². The van der Waals surface area contributed by atoms with E-state index < -0.39 is 0 Å². The highest BCUT2D eigenvalue weighted by Crippen LogP contribution is 2.39. The van der Waals surface area contributed by atoms with Crippen molar-refractivity contribution in [3.63, 3.8) is 0 Å². The van der Waals surface area contributed by atoms with Crippen LogP contribution >= 0.6 is 0 Å². The maximum absolute atomic E-state index is 9.35. The predicted octanol–water partition coefficient (Wildman–Crippen LogP) is 2.00. The van der Waals surface area contributed by atoms with Gasteiger partial charge in [0.05, 0.1) is 6.07 Å². The van der Waals surface area contributed by atoms with Crippen LogP contribution in [0.4, 0.5) is 0 Å². The molecular formula is C14H25N3. The topological polar surface area (TPSA) is 39.1 Å². The highest BCUT2D eigenvalue weighted by molar-refractivity contribution is 5.10. The maximum Gasteiger partial charge on any atom is 0.108 e. The van der Waals surface area contributed by atoms with Gasteiger partial charge in [0.25, 0.3) is 0 Å². The van der Waals surface area contributed by atoms with E-state index in [1.165, 1.54) is 25.8 Å². The van der Waals surface area contributed by atoms with Gasteiger partial charge in [0.15, 0.2) is 0 Å². The average Bonchev–Trinajstić information content (AvgIpc) is 3.04. The number of nitrogens with zero attached hydrogens (tertiary/aromatic N) is 2. The summed E-state index contributed by atoms with van der Waals surface area (Å²) in [4.78, 5) is 2.50. The van der Waals surface area contributed by atoms with Gasteiger partial charge in [0, 0.05) is 12.6 Å². The molecule has 0 radical (unpaired) electrons. The average molecular weight is 235 g/mol. The summed E-state index contributed by atoms with van der Waals surface area (Å²) < 4.78 is 0. The minimum absolute atomic E-state index is 0.271. The second-order valence-corrected chi connectivity index (χ2v) is 6.11. The van der Waals surface area contributed by atoms with Gasteiger partial charge >= 0.3 is 0 Å². The molecule has 0 spiro atoms. The molecule has 0 saturated heterocycles. The van der Waals surface area contributed by atoms with E-state index in [1.807, 2.05) is 7.05 Å². The fraction of sp³-hybridized carbons (Fsp3) is 0.929. The molecule has 0 bridgehead atoms. The summed E-state index contributed by atoms with van der Waals surface area (Å²) in [5.74, 6) is 1.83. The smallest absolute Gasteiger partial charge is 0.108 e. The number of hydrogen-bond acceptors (Lipinski definition) is 3. The van der Waals surface area contributed by atoms with Crippen LogP contribution in [0, 0.1) is 23.2 Å². The van der Waals surface area contributed by atoms with Gasteiger partial charge in [-0.1, -0.05) is 6.92 Å². The number of rotatable bonds is 4. The van der Waals surface area contributed by atoms with E-state index in [0.717, 1.165) is 24.7 Å². The molecule has 0 aromatic rings. The predicted molar refractivity (Wildman–Crippen MR) is 69.6 cm³/mol. The lowest BCUT2D eigenvalue weighted by Gasteiger charge is -2.39. The molecule has 0 aliphatic heterocycles. The zero-order valence-electron chi connectivity index (χ0n) is 11.4. The van der Waals surface area contributed by atoms with Gasteiger partial charge in [-0.25, -0.2) is 0 Å². The monoisotopic (exact) mass is 235 g/mol. The van der Waals surface area contributed by atoms with Crippen LogP contribution in [0.15, 0.2) is 0 Å². The van der Waals surface area contributed by atoms with Crippen molar-refractivity contribution < 1.29 is 0 Å². The first-order valence-corrected chi connectivity index (χ1v) is 6.90. The van der Waals surface area contributed by atoms with E-state index in [9.17, 15) is 5.26 Å². The minimum atomic E-state index is -0.271. The summed E-state index contributed by atoms with van der Waals surface area (Å²) in [6.07, 6.45) is 5.81. The Morgan fingerprint density at radius 3 is 2.76 bits per heavy atom. The Kier molecular flexibility index (Phi) is 3.75. The molecule has 2 saturated carbocycles. The molecule has 17 heavy (non-hydrogen) atoms. The fourth-order valence-electron chi connectivity index (χ4n) is 3.18. The highest BCUT2D eigenvalue weighted by Gasteiger charge is 2.39. The van der Waals surface area contributed by atoms with Gasteiger partial charge in [-0.05, 0) is 58.0 Å². The molecule has 96 valence electrons. The van der Waals surface area contributed by atoms with Crippen LogP contribution < -0.4 is 5.32 Å². The van der Waals surface area contributed by atoms with E-state index in [-0.39, 0.29) is 5.54 Å². The quantitative estimate of drug-likeness (QED) is 0.810. The van der Waals surface area contributed by atoms with Gasteiger partial charge in [0.1, 0.15) is 5.54 Å². The van der Waals surface area contributed by atoms with Crippen LogP contribution in [0.2, 0.25) is 0 Å². The number of nitrogens with one attached hydrogen (secondary N) is 1. The van der Waals surface area contributed by atoms with E-state index in [2.05, 4.69) is 30.3 Å². The molecule has 0 heterocycles. The Hall–Kier alpha value is -0.590. The van der Waals surface area contributed by atoms with Gasteiger partial charge < -0.3 is 10.2 Å². The maximum atomic E-state index is 9.35. The molecular weight excluding hydrogens is 210 g/mol. The molecule has 3 nitrogen and oxygen atoms in total. The van der Waals surface area contributed by atoms with Crippen molar-refractivity contribution in [1.29, 1.82) is 5.26 Å². The molecule has 2 fully saturated rings. The van der Waals surface area contributed by atoms with E-state index in [4.69, 9.17) is 0 Å². The van der Waals surface area contributed by atoms with Gasteiger partial charge in [-0.15, -0.1) is 0 Å². The van der Waals surface area contributed by atoms with Crippen molar-refractivity contribution in [2.45, 2.75) is 50.6 Å². The van der Waals surface area contributed by atoms with Crippen molar-refractivity contribution in [1.82, 2.24) is 10.2 Å². The van der Waals surface area contributed by atoms with Crippen LogP contribution in [-0.2, 0) is 0 Å². The lowest BCUT2D eigenvalue weighted by atomic mass is 9.79. The van der Waals surface area contributed by atoms with Crippen LogP contribution in [0.3, 0.4) is 0 Å². The second-order valence-electron chi connectivity index (χ2n) is 6.11. The molecule has 4 unspecified atom stereocenters. The van der Waals surface area contributed by atoms with Crippen LogP contribution in [0.1, 0.15) is 39.0 Å². The normalized spacial score (nSPS) is 41.2. The zero-order chi connectivity index (χ0) is 12.5. The van der Waals surface area contributed by atoms with Gasteiger partial charge in [0.2, 0.25) is 0 Å². The lowest BCUT2D eigenvalue weighted by molar-refractivity contribution is 0.142. The Bertz CT molecular complexity index is 309. The highest BCUT2D eigenvalue weighted by atomic mass is 15.1. The SMILES string of the molecule is CNC1(C#N)CCCC(N(C)CC2CC2C)C1. The molecule has 3 heteroatoms. The molecule has 0 amide bonds. The first kappa shape index (κ1) is 12.9. The summed E-state index contributed by atoms with van der Waals surface area (Å²) in [5, 5.41) is 12.6. The molecule has 1 N–H and O–H groups in total. The molecule has 2 rings (SSSR count). The molecule has 2 aliphatic carbocycles. The number of nitriles is 1. The molecule has 0 aromatic carbocycles. The third kappa shape index (κ3) is 2.81. The summed E-state index contributed by atoms with van der Waals surface area (Å²) in [7, 11) is 4.16. The number of hydrogen-bond donors (Lipinski definition) is 1. The van der Waals surface area contributed by atoms with Crippen LogP contribution in [0.5, 0.6) is 0 Å². The Labute approximate surface area is 105 Å².